The van der Waals surface area contributed by atoms with Crippen LogP contribution in [0.5, 0.6) is 0 Å². The number of para-hydroxylation sites is 1. The number of hydrogen-bond donors (Lipinski definition) is 0. The third-order valence-electron chi connectivity index (χ3n) is 3.82. The minimum Gasteiger partial charge on any atom is -0.311 e. The summed E-state index contributed by atoms with van der Waals surface area (Å²) in [6.45, 7) is 13.7. The summed E-state index contributed by atoms with van der Waals surface area (Å²) < 4.78 is 2.49. The van der Waals surface area contributed by atoms with E-state index in [0.717, 1.165) is 0 Å². The van der Waals surface area contributed by atoms with Crippen LogP contribution >= 0.6 is 22.9 Å². The molecule has 0 aliphatic heterocycles. The number of nitrogens with zero attached hydrogens (tertiary/aromatic N) is 1. The zero-order valence-electron chi connectivity index (χ0n) is 13.2. The minimum atomic E-state index is 0.570. The smallest absolute Gasteiger partial charge is 0.0594 e. The summed E-state index contributed by atoms with van der Waals surface area (Å²) >= 11 is 2.52. The van der Waals surface area contributed by atoms with Gasteiger partial charge in [0.2, 0.25) is 0 Å². The quantitative estimate of drug-likeness (QED) is 0.419. The molecular formula is C17H28IN. The number of anilines is 1. The summed E-state index contributed by atoms with van der Waals surface area (Å²) in [5.41, 5.74) is 4.42. The van der Waals surface area contributed by atoms with Gasteiger partial charge in [0, 0.05) is 6.04 Å². The van der Waals surface area contributed by atoms with Crippen LogP contribution < -0.4 is 3.11 Å². The van der Waals surface area contributed by atoms with Crippen molar-refractivity contribution in [1.29, 1.82) is 0 Å². The number of halogens is 1. The average Bonchev–Trinajstić information content (AvgIpc) is 2.38. The summed E-state index contributed by atoms with van der Waals surface area (Å²) in [5.74, 6) is 1.14. The first kappa shape index (κ1) is 16.8. The molecule has 0 atom stereocenters. The summed E-state index contributed by atoms with van der Waals surface area (Å²) in [7, 11) is 0. The van der Waals surface area contributed by atoms with Crippen molar-refractivity contribution in [2.24, 2.45) is 0 Å². The molecule has 0 amide bonds. The molecule has 1 aromatic rings. The number of rotatable bonds is 6. The van der Waals surface area contributed by atoms with Gasteiger partial charge in [-0.25, -0.2) is 0 Å². The fourth-order valence-electron chi connectivity index (χ4n) is 2.55. The van der Waals surface area contributed by atoms with Crippen molar-refractivity contribution in [2.75, 3.05) is 3.11 Å². The van der Waals surface area contributed by atoms with E-state index in [0.29, 0.717) is 17.9 Å². The van der Waals surface area contributed by atoms with Gasteiger partial charge in [-0.1, -0.05) is 59.7 Å². The lowest BCUT2D eigenvalue weighted by atomic mass is 9.92. The molecule has 108 valence electrons. The Morgan fingerprint density at radius 3 is 1.68 bits per heavy atom. The van der Waals surface area contributed by atoms with E-state index in [4.69, 9.17) is 0 Å². The van der Waals surface area contributed by atoms with Crippen LogP contribution in [0.1, 0.15) is 77.3 Å². The maximum absolute atomic E-state index is 2.52. The van der Waals surface area contributed by atoms with Crippen molar-refractivity contribution in [3.63, 3.8) is 0 Å². The fraction of sp³-hybridized carbons (Fsp3) is 0.647. The molecule has 0 aromatic heterocycles. The molecule has 0 heterocycles. The lowest BCUT2D eigenvalue weighted by Gasteiger charge is -2.32. The molecule has 0 fully saturated rings. The number of benzene rings is 1. The van der Waals surface area contributed by atoms with Crippen molar-refractivity contribution in [3.05, 3.63) is 29.3 Å². The Morgan fingerprint density at radius 1 is 0.947 bits per heavy atom. The van der Waals surface area contributed by atoms with E-state index in [9.17, 15) is 0 Å². The summed E-state index contributed by atoms with van der Waals surface area (Å²) in [6, 6.07) is 7.42. The van der Waals surface area contributed by atoms with Crippen molar-refractivity contribution in [2.45, 2.75) is 72.3 Å². The van der Waals surface area contributed by atoms with Gasteiger partial charge >= 0.3 is 0 Å². The van der Waals surface area contributed by atoms with Gasteiger partial charge in [0.15, 0.2) is 0 Å². The normalized spacial score (nSPS) is 11.7. The first-order valence-corrected chi connectivity index (χ1v) is 8.48. The predicted octanol–water partition coefficient (Wildman–Crippen LogP) is 6.28. The van der Waals surface area contributed by atoms with E-state index in [-0.39, 0.29) is 0 Å². The maximum Gasteiger partial charge on any atom is 0.0594 e. The zero-order chi connectivity index (χ0) is 14.6. The molecule has 0 aliphatic rings. The highest BCUT2D eigenvalue weighted by molar-refractivity contribution is 14.1. The Morgan fingerprint density at radius 2 is 1.37 bits per heavy atom. The molecule has 0 bridgehead atoms. The standard InChI is InChI=1S/C17H28IN/c1-7-14(8-2)19(18)17-15(12(3)4)10-9-11-16(17)13(5)6/h9-14H,7-8H2,1-6H3. The summed E-state index contributed by atoms with van der Waals surface area (Å²) in [4.78, 5) is 0. The van der Waals surface area contributed by atoms with E-state index in [1.54, 1.807) is 0 Å². The SMILES string of the molecule is CCC(CC)N(I)c1c(C(C)C)cccc1C(C)C. The molecule has 19 heavy (non-hydrogen) atoms. The first-order valence-electron chi connectivity index (χ1n) is 7.51. The highest BCUT2D eigenvalue weighted by atomic mass is 127. The van der Waals surface area contributed by atoms with Crippen LogP contribution in [0.25, 0.3) is 0 Å². The Hall–Kier alpha value is -0.250. The fourth-order valence-corrected chi connectivity index (χ4v) is 3.90. The van der Waals surface area contributed by atoms with E-state index in [2.05, 4.69) is 85.7 Å². The molecule has 0 saturated carbocycles. The van der Waals surface area contributed by atoms with Gasteiger partial charge in [0.25, 0.3) is 0 Å². The molecule has 0 N–H and O–H groups in total. The second-order valence-electron chi connectivity index (χ2n) is 5.88. The van der Waals surface area contributed by atoms with Gasteiger partial charge in [0.05, 0.1) is 28.6 Å². The molecule has 2 heteroatoms. The van der Waals surface area contributed by atoms with Crippen LogP contribution in [0.2, 0.25) is 0 Å². The molecule has 1 nitrogen and oxygen atoms in total. The van der Waals surface area contributed by atoms with Crippen molar-refractivity contribution >= 4 is 28.6 Å². The second-order valence-corrected chi connectivity index (χ2v) is 6.92. The van der Waals surface area contributed by atoms with Crippen molar-refractivity contribution in [1.82, 2.24) is 0 Å². The van der Waals surface area contributed by atoms with Crippen LogP contribution in [0.3, 0.4) is 0 Å². The van der Waals surface area contributed by atoms with Gasteiger partial charge in [-0.3, -0.25) is 0 Å². The first-order chi connectivity index (χ1) is 8.93. The zero-order valence-corrected chi connectivity index (χ0v) is 15.4. The van der Waals surface area contributed by atoms with E-state index in [1.807, 2.05) is 0 Å². The Labute approximate surface area is 133 Å². The monoisotopic (exact) mass is 373 g/mol. The van der Waals surface area contributed by atoms with Gasteiger partial charge in [-0.15, -0.1) is 0 Å². The predicted molar refractivity (Wildman–Crippen MR) is 95.5 cm³/mol. The lowest BCUT2D eigenvalue weighted by Crippen LogP contribution is -2.27. The third-order valence-corrected chi connectivity index (χ3v) is 5.09. The van der Waals surface area contributed by atoms with Crippen LogP contribution in [0, 0.1) is 0 Å². The lowest BCUT2D eigenvalue weighted by molar-refractivity contribution is 0.640. The topological polar surface area (TPSA) is 3.24 Å². The molecule has 0 saturated heterocycles. The van der Waals surface area contributed by atoms with E-state index < -0.39 is 0 Å². The number of hydrogen-bond acceptors (Lipinski definition) is 1. The molecule has 0 unspecified atom stereocenters. The highest BCUT2D eigenvalue weighted by Crippen LogP contribution is 2.38. The second kappa shape index (κ2) is 7.51. The molecule has 0 radical (unpaired) electrons. The van der Waals surface area contributed by atoms with Crippen molar-refractivity contribution < 1.29 is 0 Å². The molecule has 1 rings (SSSR count). The maximum atomic E-state index is 2.52. The Kier molecular flexibility index (Phi) is 6.64. The van der Waals surface area contributed by atoms with Crippen LogP contribution in [0.4, 0.5) is 5.69 Å². The molecular weight excluding hydrogens is 345 g/mol. The van der Waals surface area contributed by atoms with Crippen LogP contribution in [-0.4, -0.2) is 6.04 Å². The Bertz CT molecular complexity index is 368. The molecule has 0 aliphatic carbocycles. The largest absolute Gasteiger partial charge is 0.311 e. The molecule has 0 spiro atoms. The highest BCUT2D eigenvalue weighted by Gasteiger charge is 2.21. The van der Waals surface area contributed by atoms with Crippen LogP contribution in [-0.2, 0) is 0 Å². The van der Waals surface area contributed by atoms with Gasteiger partial charge in [0.1, 0.15) is 0 Å². The van der Waals surface area contributed by atoms with Crippen LogP contribution in [0.15, 0.2) is 18.2 Å². The summed E-state index contributed by atoms with van der Waals surface area (Å²) in [6.07, 6.45) is 2.40. The van der Waals surface area contributed by atoms with Gasteiger partial charge < -0.3 is 3.11 Å². The third kappa shape index (κ3) is 3.87. The van der Waals surface area contributed by atoms with Crippen molar-refractivity contribution in [3.8, 4) is 0 Å². The average molecular weight is 373 g/mol. The molecule has 1 aromatic carbocycles. The van der Waals surface area contributed by atoms with E-state index >= 15 is 0 Å². The van der Waals surface area contributed by atoms with Gasteiger partial charge in [-0.05, 0) is 35.8 Å². The minimum absolute atomic E-state index is 0.570. The summed E-state index contributed by atoms with van der Waals surface area (Å²) in [5, 5.41) is 0. The van der Waals surface area contributed by atoms with Gasteiger partial charge in [-0.2, -0.15) is 0 Å². The van der Waals surface area contributed by atoms with E-state index in [1.165, 1.54) is 29.7 Å². The Balaban J connectivity index is 3.35.